The van der Waals surface area contributed by atoms with E-state index in [4.69, 9.17) is 5.11 Å². The van der Waals surface area contributed by atoms with Crippen molar-refractivity contribution in [2.45, 2.75) is 40.2 Å². The van der Waals surface area contributed by atoms with E-state index >= 15 is 0 Å². The van der Waals surface area contributed by atoms with Crippen molar-refractivity contribution in [3.05, 3.63) is 21.9 Å². The van der Waals surface area contributed by atoms with Crippen LogP contribution in [0.15, 0.2) is 12.1 Å². The normalized spacial score (nSPS) is 14.2. The van der Waals surface area contributed by atoms with Crippen molar-refractivity contribution >= 4 is 23.2 Å². The first kappa shape index (κ1) is 15.7. The van der Waals surface area contributed by atoms with E-state index in [1.165, 1.54) is 16.2 Å². The lowest BCUT2D eigenvalue weighted by Crippen LogP contribution is -2.39. The van der Waals surface area contributed by atoms with Crippen LogP contribution in [0, 0.1) is 11.8 Å². The van der Waals surface area contributed by atoms with Gasteiger partial charge in [-0.25, -0.2) is 0 Å². The van der Waals surface area contributed by atoms with Crippen molar-refractivity contribution in [3.63, 3.8) is 0 Å². The van der Waals surface area contributed by atoms with Crippen molar-refractivity contribution < 1.29 is 14.7 Å². The van der Waals surface area contributed by atoms with Gasteiger partial charge in [0, 0.05) is 10.9 Å². The fourth-order valence-corrected chi connectivity index (χ4v) is 2.75. The topological polar surface area (TPSA) is 66.4 Å². The summed E-state index contributed by atoms with van der Waals surface area (Å²) in [5.41, 5.74) is 0. The van der Waals surface area contributed by atoms with E-state index in [1.807, 2.05) is 6.07 Å². The molecule has 2 N–H and O–H groups in total. The SMILES string of the molecule is CC(C)Cc1ccc(C(=O)NC(C)C(C)C(=O)O)s1. The molecule has 1 amide bonds. The quantitative estimate of drug-likeness (QED) is 0.843. The summed E-state index contributed by atoms with van der Waals surface area (Å²) in [6, 6.07) is 3.38. The van der Waals surface area contributed by atoms with Gasteiger partial charge in [0.2, 0.25) is 0 Å². The number of carboxylic acids is 1. The van der Waals surface area contributed by atoms with E-state index < -0.39 is 11.9 Å². The molecule has 19 heavy (non-hydrogen) atoms. The Balaban J connectivity index is 2.63. The Kier molecular flexibility index (Phi) is 5.54. The Bertz CT molecular complexity index is 453. The van der Waals surface area contributed by atoms with Crippen LogP contribution in [0.5, 0.6) is 0 Å². The molecule has 2 atom stereocenters. The average Bonchev–Trinajstić information content (AvgIpc) is 2.75. The standard InChI is InChI=1S/C14H21NO3S/c1-8(2)7-11-5-6-12(19-11)13(16)15-10(4)9(3)14(17)18/h5-6,8-10H,7H2,1-4H3,(H,15,16)(H,17,18). The average molecular weight is 283 g/mol. The highest BCUT2D eigenvalue weighted by molar-refractivity contribution is 7.14. The number of rotatable bonds is 6. The highest BCUT2D eigenvalue weighted by Gasteiger charge is 2.22. The zero-order chi connectivity index (χ0) is 14.6. The molecule has 0 saturated carbocycles. The Labute approximate surface area is 117 Å². The molecule has 106 valence electrons. The van der Waals surface area contributed by atoms with Gasteiger partial charge in [-0.3, -0.25) is 9.59 Å². The van der Waals surface area contributed by atoms with Crippen LogP contribution in [0.2, 0.25) is 0 Å². The number of amides is 1. The van der Waals surface area contributed by atoms with Crippen molar-refractivity contribution in [3.8, 4) is 0 Å². The van der Waals surface area contributed by atoms with E-state index in [1.54, 1.807) is 19.9 Å². The second kappa shape index (κ2) is 6.70. The zero-order valence-corrected chi connectivity index (χ0v) is 12.6. The minimum Gasteiger partial charge on any atom is -0.481 e. The van der Waals surface area contributed by atoms with Gasteiger partial charge in [0.1, 0.15) is 0 Å². The fraction of sp³-hybridized carbons (Fsp3) is 0.571. The van der Waals surface area contributed by atoms with Gasteiger partial charge in [-0.2, -0.15) is 0 Å². The van der Waals surface area contributed by atoms with Crippen molar-refractivity contribution in [2.24, 2.45) is 11.8 Å². The molecule has 0 aliphatic rings. The molecule has 1 aromatic rings. The van der Waals surface area contributed by atoms with Gasteiger partial charge in [0.05, 0.1) is 10.8 Å². The first-order valence-electron chi connectivity index (χ1n) is 6.43. The lowest BCUT2D eigenvalue weighted by atomic mass is 10.0. The van der Waals surface area contributed by atoms with Crippen molar-refractivity contribution in [1.29, 1.82) is 0 Å². The van der Waals surface area contributed by atoms with Gasteiger partial charge < -0.3 is 10.4 Å². The second-order valence-corrected chi connectivity index (χ2v) is 6.42. The van der Waals surface area contributed by atoms with Crippen LogP contribution in [0.1, 0.15) is 42.2 Å². The number of aliphatic carboxylic acids is 1. The summed E-state index contributed by atoms with van der Waals surface area (Å²) in [5, 5.41) is 11.6. The summed E-state index contributed by atoms with van der Waals surface area (Å²) >= 11 is 1.47. The van der Waals surface area contributed by atoms with E-state index in [0.717, 1.165) is 6.42 Å². The summed E-state index contributed by atoms with van der Waals surface area (Å²) in [5.74, 6) is -1.14. The van der Waals surface area contributed by atoms with Gasteiger partial charge in [-0.05, 0) is 38.3 Å². The maximum atomic E-state index is 12.0. The van der Waals surface area contributed by atoms with Crippen LogP contribution in [-0.2, 0) is 11.2 Å². The Morgan fingerprint density at radius 2 is 1.89 bits per heavy atom. The molecular weight excluding hydrogens is 262 g/mol. The second-order valence-electron chi connectivity index (χ2n) is 5.25. The summed E-state index contributed by atoms with van der Waals surface area (Å²) in [6.07, 6.45) is 0.957. The van der Waals surface area contributed by atoms with Crippen molar-refractivity contribution in [2.75, 3.05) is 0 Å². The molecular formula is C14H21NO3S. The number of carbonyl (C=O) groups is 2. The number of hydrogen-bond donors (Lipinski definition) is 2. The first-order valence-corrected chi connectivity index (χ1v) is 7.25. The number of hydrogen-bond acceptors (Lipinski definition) is 3. The van der Waals surface area contributed by atoms with Crippen molar-refractivity contribution in [1.82, 2.24) is 5.32 Å². The molecule has 0 fully saturated rings. The summed E-state index contributed by atoms with van der Waals surface area (Å²) < 4.78 is 0. The molecule has 5 heteroatoms. The summed E-state index contributed by atoms with van der Waals surface area (Å²) in [7, 11) is 0. The van der Waals surface area contributed by atoms with Crippen LogP contribution in [0.4, 0.5) is 0 Å². The molecule has 1 rings (SSSR count). The zero-order valence-electron chi connectivity index (χ0n) is 11.8. The predicted octanol–water partition coefficient (Wildman–Crippen LogP) is 2.79. The van der Waals surface area contributed by atoms with E-state index in [0.29, 0.717) is 10.8 Å². The van der Waals surface area contributed by atoms with E-state index in [9.17, 15) is 9.59 Å². The maximum absolute atomic E-state index is 12.0. The molecule has 4 nitrogen and oxygen atoms in total. The minimum atomic E-state index is -0.903. The molecule has 1 aromatic heterocycles. The number of nitrogens with one attached hydrogen (secondary N) is 1. The molecule has 0 saturated heterocycles. The highest BCUT2D eigenvalue weighted by atomic mass is 32.1. The van der Waals surface area contributed by atoms with E-state index in [-0.39, 0.29) is 11.9 Å². The Hall–Kier alpha value is -1.36. The smallest absolute Gasteiger partial charge is 0.308 e. The van der Waals surface area contributed by atoms with Crippen LogP contribution >= 0.6 is 11.3 Å². The predicted molar refractivity (Wildman–Crippen MR) is 76.6 cm³/mol. The monoisotopic (exact) mass is 283 g/mol. The Morgan fingerprint density at radius 3 is 2.42 bits per heavy atom. The van der Waals surface area contributed by atoms with Gasteiger partial charge >= 0.3 is 5.97 Å². The molecule has 0 spiro atoms. The Morgan fingerprint density at radius 1 is 1.26 bits per heavy atom. The maximum Gasteiger partial charge on any atom is 0.308 e. The minimum absolute atomic E-state index is 0.194. The molecule has 0 aliphatic carbocycles. The lowest BCUT2D eigenvalue weighted by molar-refractivity contribution is -0.141. The largest absolute Gasteiger partial charge is 0.481 e. The van der Waals surface area contributed by atoms with Gasteiger partial charge in [0.15, 0.2) is 0 Å². The molecule has 0 radical (unpaired) electrons. The highest BCUT2D eigenvalue weighted by Crippen LogP contribution is 2.20. The summed E-state index contributed by atoms with van der Waals surface area (Å²) in [4.78, 5) is 24.6. The molecule has 0 bridgehead atoms. The van der Waals surface area contributed by atoms with Crippen LogP contribution in [0.25, 0.3) is 0 Å². The third kappa shape index (κ3) is 4.67. The van der Waals surface area contributed by atoms with Gasteiger partial charge in [0.25, 0.3) is 5.91 Å². The lowest BCUT2D eigenvalue weighted by Gasteiger charge is -2.17. The number of thiophene rings is 1. The van der Waals surface area contributed by atoms with Gasteiger partial charge in [-0.15, -0.1) is 11.3 Å². The first-order chi connectivity index (χ1) is 8.81. The molecule has 0 aromatic carbocycles. The number of carbonyl (C=O) groups excluding carboxylic acids is 1. The molecule has 1 heterocycles. The van der Waals surface area contributed by atoms with Gasteiger partial charge in [-0.1, -0.05) is 13.8 Å². The van der Waals surface area contributed by atoms with Crippen LogP contribution < -0.4 is 5.32 Å². The summed E-state index contributed by atoms with van der Waals surface area (Å²) in [6.45, 7) is 7.57. The van der Waals surface area contributed by atoms with Crippen LogP contribution in [0.3, 0.4) is 0 Å². The molecule has 2 unspecified atom stereocenters. The fourth-order valence-electron chi connectivity index (χ4n) is 1.63. The third-order valence-electron chi connectivity index (χ3n) is 2.99. The number of carboxylic acid groups (broad SMARTS) is 1. The third-order valence-corrected chi connectivity index (χ3v) is 4.10. The van der Waals surface area contributed by atoms with E-state index in [2.05, 4.69) is 19.2 Å². The molecule has 0 aliphatic heterocycles. The van der Waals surface area contributed by atoms with Crippen LogP contribution in [-0.4, -0.2) is 23.0 Å².